The van der Waals surface area contributed by atoms with Crippen LogP contribution in [-0.2, 0) is 36.9 Å². The predicted molar refractivity (Wildman–Crippen MR) is 144 cm³/mol. The number of carbonyl (C=O) groups excluding carboxylic acids is 5. The Morgan fingerprint density at radius 3 is 2.33 bits per heavy atom. The molecule has 1 aromatic carbocycles. The second-order valence-electron chi connectivity index (χ2n) is 9.68. The smallest absolute Gasteiger partial charge is 0.408 e. The minimum Gasteiger partial charge on any atom is -0.469 e. The average Bonchev–Trinajstić information content (AvgIpc) is 3.57. The molecule has 0 spiro atoms. The summed E-state index contributed by atoms with van der Waals surface area (Å²) in [5, 5.41) is 9.94. The van der Waals surface area contributed by atoms with Gasteiger partial charge in [0.15, 0.2) is 0 Å². The van der Waals surface area contributed by atoms with E-state index in [9.17, 15) is 24.0 Å². The van der Waals surface area contributed by atoms with Gasteiger partial charge in [-0.25, -0.2) is 4.79 Å². The summed E-state index contributed by atoms with van der Waals surface area (Å²) < 4.78 is 10.6. The van der Waals surface area contributed by atoms with Gasteiger partial charge in [-0.15, -0.1) is 12.6 Å². The largest absolute Gasteiger partial charge is 0.469 e. The van der Waals surface area contributed by atoms with E-state index in [1.165, 1.54) is 6.26 Å². The lowest BCUT2D eigenvalue weighted by atomic mass is 9.98. The molecule has 39 heavy (non-hydrogen) atoms. The van der Waals surface area contributed by atoms with Crippen molar-refractivity contribution < 1.29 is 33.1 Å². The van der Waals surface area contributed by atoms with Crippen LogP contribution in [0.1, 0.15) is 38.0 Å². The zero-order chi connectivity index (χ0) is 28.4. The molecule has 0 saturated carbocycles. The van der Waals surface area contributed by atoms with Crippen LogP contribution in [0.3, 0.4) is 0 Å². The van der Waals surface area contributed by atoms with Crippen molar-refractivity contribution in [3.8, 4) is 0 Å². The zero-order valence-electron chi connectivity index (χ0n) is 21.8. The number of carbonyl (C=O) groups is 5. The molecule has 4 amide bonds. The van der Waals surface area contributed by atoms with Crippen molar-refractivity contribution in [2.75, 3.05) is 6.54 Å². The Hall–Kier alpha value is -3.80. The van der Waals surface area contributed by atoms with E-state index >= 15 is 0 Å². The van der Waals surface area contributed by atoms with Gasteiger partial charge in [0.05, 0.1) is 12.3 Å². The lowest BCUT2D eigenvalue weighted by molar-refractivity contribution is -0.132. The van der Waals surface area contributed by atoms with E-state index in [1.807, 2.05) is 18.2 Å². The number of thiol groups is 1. The third-order valence-corrected chi connectivity index (χ3v) is 6.66. The number of benzene rings is 1. The number of alkyl carbamates (subject to hydrolysis) is 1. The summed E-state index contributed by atoms with van der Waals surface area (Å²) in [5.74, 6) is -1.79. The number of hydrogen-bond donors (Lipinski definition) is 5. The SMILES string of the molecule is CC(C)[C@H](NC(=O)OCc1ccccc1)C(=O)N[C@@H](Cc1ccco1)C(=O)N[C@@H](C[C@@H]1CCNC1=O)C(=O)S. The van der Waals surface area contributed by atoms with Crippen LogP contribution in [0.4, 0.5) is 4.79 Å². The van der Waals surface area contributed by atoms with Crippen molar-refractivity contribution in [1.29, 1.82) is 0 Å². The molecule has 1 saturated heterocycles. The van der Waals surface area contributed by atoms with Gasteiger partial charge >= 0.3 is 6.09 Å². The normalized spacial score (nSPS) is 17.0. The molecule has 0 radical (unpaired) electrons. The van der Waals surface area contributed by atoms with Crippen LogP contribution in [0.15, 0.2) is 53.1 Å². The summed E-state index contributed by atoms with van der Waals surface area (Å²) >= 11 is 3.89. The Balaban J connectivity index is 1.67. The van der Waals surface area contributed by atoms with Crippen LogP contribution in [0.2, 0.25) is 0 Å². The molecule has 2 aromatic rings. The third-order valence-electron chi connectivity index (χ3n) is 6.35. The highest BCUT2D eigenvalue weighted by atomic mass is 32.1. The van der Waals surface area contributed by atoms with Gasteiger partial charge in [-0.1, -0.05) is 44.2 Å². The van der Waals surface area contributed by atoms with Crippen LogP contribution < -0.4 is 21.3 Å². The topological polar surface area (TPSA) is 156 Å². The highest BCUT2D eigenvalue weighted by Gasteiger charge is 2.34. The summed E-state index contributed by atoms with van der Waals surface area (Å²) in [4.78, 5) is 63.1. The number of ether oxygens (including phenoxy) is 1. The first kappa shape index (κ1) is 29.8. The van der Waals surface area contributed by atoms with Gasteiger partial charge in [-0.3, -0.25) is 19.2 Å². The maximum absolute atomic E-state index is 13.3. The molecular formula is C27H34N4O7S. The lowest BCUT2D eigenvalue weighted by Gasteiger charge is -2.26. The number of amides is 4. The standard InChI is InChI=1S/C27H34N4O7S/c1-16(2)22(31-27(36)38-15-17-7-4-3-5-8-17)25(34)29-20(14-19-9-6-12-37-19)24(33)30-21(26(35)39)13-18-10-11-28-23(18)32/h3-9,12,16,18,20-22H,10-11,13-15H2,1-2H3,(H,28,32)(H,29,34)(H,30,33)(H,31,36)(H,35,39)/t18-,20-,21-,22-/m0/s1. The molecule has 210 valence electrons. The molecule has 0 bridgehead atoms. The quantitative estimate of drug-likeness (QED) is 0.235. The molecule has 4 atom stereocenters. The zero-order valence-corrected chi connectivity index (χ0v) is 22.7. The Kier molecular flexibility index (Phi) is 11.0. The van der Waals surface area contributed by atoms with Crippen molar-refractivity contribution in [2.24, 2.45) is 11.8 Å². The molecular weight excluding hydrogens is 524 g/mol. The molecule has 11 nitrogen and oxygen atoms in total. The van der Waals surface area contributed by atoms with Gasteiger partial charge in [0.1, 0.15) is 24.5 Å². The molecule has 1 fully saturated rings. The molecule has 1 aliphatic heterocycles. The fourth-order valence-corrected chi connectivity index (χ4v) is 4.35. The van der Waals surface area contributed by atoms with Crippen molar-refractivity contribution in [3.63, 3.8) is 0 Å². The maximum atomic E-state index is 13.3. The van der Waals surface area contributed by atoms with E-state index in [0.717, 1.165) is 5.56 Å². The highest BCUT2D eigenvalue weighted by Crippen LogP contribution is 2.18. The maximum Gasteiger partial charge on any atom is 0.408 e. The van der Waals surface area contributed by atoms with E-state index in [0.29, 0.717) is 18.7 Å². The average molecular weight is 559 g/mol. The van der Waals surface area contributed by atoms with Gasteiger partial charge in [0, 0.05) is 18.9 Å². The molecule has 0 aliphatic carbocycles. The van der Waals surface area contributed by atoms with E-state index in [4.69, 9.17) is 9.15 Å². The van der Waals surface area contributed by atoms with Crippen molar-refractivity contribution in [3.05, 3.63) is 60.1 Å². The summed E-state index contributed by atoms with van der Waals surface area (Å²) in [5.41, 5.74) is 0.789. The van der Waals surface area contributed by atoms with Crippen molar-refractivity contribution in [2.45, 2.75) is 57.8 Å². The van der Waals surface area contributed by atoms with Crippen molar-refractivity contribution in [1.82, 2.24) is 21.3 Å². The monoisotopic (exact) mass is 558 g/mol. The van der Waals surface area contributed by atoms with Gasteiger partial charge in [-0.05, 0) is 36.5 Å². The first-order valence-corrected chi connectivity index (χ1v) is 13.2. The third kappa shape index (κ3) is 9.17. The summed E-state index contributed by atoms with van der Waals surface area (Å²) in [6, 6.07) is 9.21. The Morgan fingerprint density at radius 1 is 1.03 bits per heavy atom. The fraction of sp³-hybridized carbons (Fsp3) is 0.444. The van der Waals surface area contributed by atoms with Gasteiger partial charge < -0.3 is 30.4 Å². The van der Waals surface area contributed by atoms with Crippen LogP contribution in [-0.4, -0.2) is 53.6 Å². The Labute approximate surface area is 232 Å². The molecule has 4 N–H and O–H groups in total. The van der Waals surface area contributed by atoms with E-state index in [1.54, 1.807) is 38.1 Å². The number of furan rings is 1. The minimum absolute atomic E-state index is 0.00869. The van der Waals surface area contributed by atoms with E-state index in [2.05, 4.69) is 33.9 Å². The Morgan fingerprint density at radius 2 is 1.74 bits per heavy atom. The minimum atomic E-state index is -1.14. The van der Waals surface area contributed by atoms with E-state index < -0.39 is 47.1 Å². The van der Waals surface area contributed by atoms with Crippen LogP contribution in [0, 0.1) is 11.8 Å². The van der Waals surface area contributed by atoms with Gasteiger partial charge in [0.2, 0.25) is 22.8 Å². The summed E-state index contributed by atoms with van der Waals surface area (Å²) in [6.45, 7) is 4.01. The van der Waals surface area contributed by atoms with Crippen LogP contribution >= 0.6 is 12.6 Å². The summed E-state index contributed by atoms with van der Waals surface area (Å²) in [7, 11) is 0. The molecule has 3 rings (SSSR count). The molecule has 1 aromatic heterocycles. The fourth-order valence-electron chi connectivity index (χ4n) is 4.18. The van der Waals surface area contributed by atoms with E-state index in [-0.39, 0.29) is 31.3 Å². The predicted octanol–water partition coefficient (Wildman–Crippen LogP) is 1.73. The summed E-state index contributed by atoms with van der Waals surface area (Å²) in [6.07, 6.45) is 1.28. The second-order valence-corrected chi connectivity index (χ2v) is 10.1. The Bertz CT molecular complexity index is 1140. The highest BCUT2D eigenvalue weighted by molar-refractivity contribution is 7.96. The first-order chi connectivity index (χ1) is 18.6. The molecule has 0 unspecified atom stereocenters. The van der Waals surface area contributed by atoms with Gasteiger partial charge in [-0.2, -0.15) is 0 Å². The second kappa shape index (κ2) is 14.4. The number of hydrogen-bond acceptors (Lipinski definition) is 7. The molecule has 12 heteroatoms. The van der Waals surface area contributed by atoms with Crippen LogP contribution in [0.5, 0.6) is 0 Å². The molecule has 2 heterocycles. The van der Waals surface area contributed by atoms with Crippen LogP contribution in [0.25, 0.3) is 0 Å². The number of rotatable bonds is 13. The van der Waals surface area contributed by atoms with Gasteiger partial charge in [0.25, 0.3) is 0 Å². The lowest BCUT2D eigenvalue weighted by Crippen LogP contribution is -2.57. The molecule has 1 aliphatic rings. The van der Waals surface area contributed by atoms with Crippen molar-refractivity contribution >= 4 is 41.6 Å². The number of nitrogens with one attached hydrogen (secondary N) is 4. The first-order valence-electron chi connectivity index (χ1n) is 12.7.